The third kappa shape index (κ3) is 3.81. The van der Waals surface area contributed by atoms with E-state index in [-0.39, 0.29) is 22.8 Å². The Labute approximate surface area is 138 Å². The first-order valence-electron chi connectivity index (χ1n) is 6.87. The Hall–Kier alpha value is -1.53. The molecular formula is C15H17ClN2O3S. The van der Waals surface area contributed by atoms with Crippen molar-refractivity contribution in [3.8, 4) is 0 Å². The molecule has 7 heteroatoms. The molecule has 118 valence electrons. The minimum atomic E-state index is -0.285. The second-order valence-electron chi connectivity index (χ2n) is 5.12. The molecule has 1 N–H and O–H groups in total. The third-order valence-electron chi connectivity index (χ3n) is 3.45. The molecular weight excluding hydrogens is 324 g/mol. The number of carbonyl (C=O) groups is 3. The van der Waals surface area contributed by atoms with E-state index in [1.165, 1.54) is 25.7 Å². The van der Waals surface area contributed by atoms with Crippen molar-refractivity contribution in [3.05, 3.63) is 28.8 Å². The number of halogens is 1. The molecule has 1 aliphatic rings. The van der Waals surface area contributed by atoms with Crippen LogP contribution in [-0.2, 0) is 9.59 Å². The first kappa shape index (κ1) is 16.8. The lowest BCUT2D eigenvalue weighted by Crippen LogP contribution is -2.29. The molecule has 22 heavy (non-hydrogen) atoms. The van der Waals surface area contributed by atoms with Gasteiger partial charge in [-0.1, -0.05) is 23.4 Å². The largest absolute Gasteiger partial charge is 0.355 e. The fourth-order valence-corrected chi connectivity index (χ4v) is 3.29. The van der Waals surface area contributed by atoms with Crippen LogP contribution in [0.5, 0.6) is 0 Å². The van der Waals surface area contributed by atoms with Gasteiger partial charge >= 0.3 is 0 Å². The topological polar surface area (TPSA) is 66.5 Å². The quantitative estimate of drug-likeness (QED) is 0.913. The summed E-state index contributed by atoms with van der Waals surface area (Å²) in [6.07, 6.45) is 0.385. The van der Waals surface area contributed by atoms with Crippen molar-refractivity contribution in [3.63, 3.8) is 0 Å². The minimum Gasteiger partial charge on any atom is -0.355 e. The molecule has 0 bridgehead atoms. The minimum absolute atomic E-state index is 0.0402. The van der Waals surface area contributed by atoms with Gasteiger partial charge in [-0.3, -0.25) is 14.4 Å². The van der Waals surface area contributed by atoms with Crippen LogP contribution in [0, 0.1) is 5.92 Å². The Bertz CT molecular complexity index is 621. The zero-order valence-corrected chi connectivity index (χ0v) is 14.0. The zero-order valence-electron chi connectivity index (χ0n) is 12.4. The van der Waals surface area contributed by atoms with Gasteiger partial charge in [0.2, 0.25) is 5.91 Å². The molecule has 0 aromatic heterocycles. The van der Waals surface area contributed by atoms with Crippen molar-refractivity contribution in [1.82, 2.24) is 5.32 Å². The maximum absolute atomic E-state index is 12.2. The zero-order chi connectivity index (χ0) is 16.3. The van der Waals surface area contributed by atoms with Gasteiger partial charge < -0.3 is 10.2 Å². The van der Waals surface area contributed by atoms with Crippen LogP contribution in [0.4, 0.5) is 5.69 Å². The number of hydrogen-bond acceptors (Lipinski definition) is 4. The van der Waals surface area contributed by atoms with Crippen LogP contribution in [-0.4, -0.2) is 36.3 Å². The van der Waals surface area contributed by atoms with Crippen LogP contribution in [0.2, 0.25) is 5.02 Å². The molecule has 0 spiro atoms. The molecule has 0 radical (unpaired) electrons. The van der Waals surface area contributed by atoms with Crippen molar-refractivity contribution in [2.75, 3.05) is 24.2 Å². The summed E-state index contributed by atoms with van der Waals surface area (Å²) in [4.78, 5) is 36.9. The van der Waals surface area contributed by atoms with Crippen molar-refractivity contribution in [1.29, 1.82) is 0 Å². The molecule has 1 aromatic rings. The van der Waals surface area contributed by atoms with Crippen molar-refractivity contribution in [2.45, 2.75) is 13.3 Å². The first-order chi connectivity index (χ1) is 10.4. The molecule has 0 saturated carbocycles. The lowest BCUT2D eigenvalue weighted by atomic mass is 10.1. The second-order valence-corrected chi connectivity index (χ2v) is 6.75. The number of hydrogen-bond donors (Lipinski definition) is 1. The first-order valence-corrected chi connectivity index (χ1v) is 8.24. The summed E-state index contributed by atoms with van der Waals surface area (Å²) in [6, 6.07) is 4.90. The van der Waals surface area contributed by atoms with E-state index >= 15 is 0 Å². The monoisotopic (exact) mass is 340 g/mol. The molecule has 2 amide bonds. The maximum Gasteiger partial charge on any atom is 0.253 e. The molecule has 1 aromatic carbocycles. The molecule has 1 aliphatic heterocycles. The highest BCUT2D eigenvalue weighted by Crippen LogP contribution is 2.31. The second kappa shape index (κ2) is 7.15. The Morgan fingerprint density at radius 1 is 1.45 bits per heavy atom. The average Bonchev–Trinajstić information content (AvgIpc) is 2.85. The molecule has 0 aliphatic carbocycles. The molecule has 1 heterocycles. The van der Waals surface area contributed by atoms with Gasteiger partial charge in [-0.15, -0.1) is 0 Å². The highest BCUT2D eigenvalue weighted by molar-refractivity contribution is 8.13. The Morgan fingerprint density at radius 2 is 2.18 bits per heavy atom. The maximum atomic E-state index is 12.2. The molecule has 1 fully saturated rings. The summed E-state index contributed by atoms with van der Waals surface area (Å²) >= 11 is 7.18. The Morgan fingerprint density at radius 3 is 2.82 bits per heavy atom. The fraction of sp³-hybridized carbons (Fsp3) is 0.400. The Kier molecular flexibility index (Phi) is 5.47. The SMILES string of the molecule is CNC(=O)c1cc(Cl)ccc1N1CC(CSC(C)=O)CC1=O. The number of nitrogens with one attached hydrogen (secondary N) is 1. The van der Waals surface area contributed by atoms with Gasteiger partial charge in [0.1, 0.15) is 0 Å². The van der Waals surface area contributed by atoms with Gasteiger partial charge in [0.05, 0.1) is 11.3 Å². The molecule has 2 rings (SSSR count). The standard InChI is InChI=1S/C15H17ClN2O3S/c1-9(19)22-8-10-5-14(20)18(7-10)13-4-3-11(16)6-12(13)15(21)17-2/h3-4,6,10H,5,7-8H2,1-2H3,(H,17,21). The summed E-state index contributed by atoms with van der Waals surface area (Å²) in [7, 11) is 1.53. The number of amides is 2. The number of carbonyl (C=O) groups excluding carboxylic acids is 3. The average molecular weight is 341 g/mol. The van der Waals surface area contributed by atoms with Crippen LogP contribution in [0.25, 0.3) is 0 Å². The lowest BCUT2D eigenvalue weighted by Gasteiger charge is -2.20. The van der Waals surface area contributed by atoms with E-state index in [0.29, 0.717) is 35.0 Å². The summed E-state index contributed by atoms with van der Waals surface area (Å²) in [6.45, 7) is 2.02. The number of nitrogens with zero attached hydrogens (tertiary/aromatic N) is 1. The fourth-order valence-electron chi connectivity index (χ4n) is 2.42. The van der Waals surface area contributed by atoms with E-state index in [0.717, 1.165) is 0 Å². The number of rotatable bonds is 4. The van der Waals surface area contributed by atoms with Crippen molar-refractivity contribution in [2.24, 2.45) is 5.92 Å². The Balaban J connectivity index is 2.23. The molecule has 5 nitrogen and oxygen atoms in total. The van der Waals surface area contributed by atoms with Gasteiger partial charge in [0.25, 0.3) is 5.91 Å². The van der Waals surface area contributed by atoms with Crippen LogP contribution in [0.15, 0.2) is 18.2 Å². The molecule has 1 unspecified atom stereocenters. The van der Waals surface area contributed by atoms with Crippen LogP contribution in [0.1, 0.15) is 23.7 Å². The lowest BCUT2D eigenvalue weighted by molar-refractivity contribution is -0.117. The van der Waals surface area contributed by atoms with Crippen LogP contribution < -0.4 is 10.2 Å². The van der Waals surface area contributed by atoms with Gasteiger partial charge in [-0.25, -0.2) is 0 Å². The van der Waals surface area contributed by atoms with E-state index in [9.17, 15) is 14.4 Å². The smallest absolute Gasteiger partial charge is 0.253 e. The van der Waals surface area contributed by atoms with Gasteiger partial charge in [0, 0.05) is 37.7 Å². The third-order valence-corrected chi connectivity index (χ3v) is 4.73. The summed E-state index contributed by atoms with van der Waals surface area (Å²) < 4.78 is 0. The van der Waals surface area contributed by atoms with Crippen LogP contribution >= 0.6 is 23.4 Å². The highest BCUT2D eigenvalue weighted by Gasteiger charge is 2.32. The van der Waals surface area contributed by atoms with E-state index in [1.54, 1.807) is 23.1 Å². The van der Waals surface area contributed by atoms with E-state index in [1.807, 2.05) is 0 Å². The van der Waals surface area contributed by atoms with Crippen molar-refractivity contribution >= 4 is 46.0 Å². The van der Waals surface area contributed by atoms with E-state index < -0.39 is 0 Å². The normalized spacial score (nSPS) is 17.7. The predicted molar refractivity (Wildman–Crippen MR) is 88.4 cm³/mol. The van der Waals surface area contributed by atoms with E-state index in [2.05, 4.69) is 5.32 Å². The summed E-state index contributed by atoms with van der Waals surface area (Å²) in [5.74, 6) is 0.392. The number of anilines is 1. The summed E-state index contributed by atoms with van der Waals surface area (Å²) in [5.41, 5.74) is 0.937. The molecule has 1 saturated heterocycles. The molecule has 1 atom stereocenters. The van der Waals surface area contributed by atoms with Crippen molar-refractivity contribution < 1.29 is 14.4 Å². The van der Waals surface area contributed by atoms with E-state index in [4.69, 9.17) is 11.6 Å². The van der Waals surface area contributed by atoms with Gasteiger partial charge in [0.15, 0.2) is 5.12 Å². The number of benzene rings is 1. The van der Waals surface area contributed by atoms with Gasteiger partial charge in [-0.2, -0.15) is 0 Å². The summed E-state index contributed by atoms with van der Waals surface area (Å²) in [5, 5.41) is 3.04. The highest BCUT2D eigenvalue weighted by atomic mass is 35.5. The predicted octanol–water partition coefficient (Wildman–Crippen LogP) is 2.33. The number of thioether (sulfide) groups is 1. The van der Waals surface area contributed by atoms with Crippen LogP contribution in [0.3, 0.4) is 0 Å². The van der Waals surface area contributed by atoms with Gasteiger partial charge in [-0.05, 0) is 24.1 Å².